The molecule has 0 saturated carbocycles. The summed E-state index contributed by atoms with van der Waals surface area (Å²) >= 11 is 5.43. The number of ether oxygens (including phenoxy) is 2. The Bertz CT molecular complexity index is 711. The molecule has 2 aromatic rings. The van der Waals surface area contributed by atoms with Crippen LogP contribution in [0.5, 0.6) is 11.5 Å². The third-order valence-corrected chi connectivity index (χ3v) is 4.29. The van der Waals surface area contributed by atoms with Crippen molar-refractivity contribution in [3.05, 3.63) is 23.0 Å². The summed E-state index contributed by atoms with van der Waals surface area (Å²) in [6.07, 6.45) is 0. The Balaban J connectivity index is 2.03. The van der Waals surface area contributed by atoms with Gasteiger partial charge < -0.3 is 19.4 Å². The smallest absolute Gasteiger partial charge is 0.214 e. The molecule has 0 atom stereocenters. The average Bonchev–Trinajstić information content (AvgIpc) is 2.96. The number of nitrogens with zero attached hydrogens (tertiary/aromatic N) is 4. The lowest BCUT2D eigenvalue weighted by atomic mass is 10.2. The number of piperazine rings is 1. The zero-order valence-electron chi connectivity index (χ0n) is 13.6. The first kappa shape index (κ1) is 15.8. The molecule has 1 aliphatic heterocycles. The summed E-state index contributed by atoms with van der Waals surface area (Å²) in [4.78, 5) is 2.30. The second-order valence-electron chi connectivity index (χ2n) is 5.52. The molecule has 23 heavy (non-hydrogen) atoms. The van der Waals surface area contributed by atoms with Gasteiger partial charge in [-0.15, -0.1) is 0 Å². The molecule has 0 radical (unpaired) electrons. The van der Waals surface area contributed by atoms with Gasteiger partial charge in [-0.3, -0.25) is 0 Å². The van der Waals surface area contributed by atoms with E-state index in [9.17, 15) is 0 Å². The Labute approximate surface area is 140 Å². The van der Waals surface area contributed by atoms with Crippen molar-refractivity contribution < 1.29 is 9.47 Å². The Morgan fingerprint density at radius 3 is 2.22 bits per heavy atom. The van der Waals surface area contributed by atoms with E-state index in [0.717, 1.165) is 49.1 Å². The molecule has 2 heterocycles. The van der Waals surface area contributed by atoms with Crippen molar-refractivity contribution in [2.24, 2.45) is 0 Å². The molecule has 8 heteroatoms. The zero-order valence-corrected chi connectivity index (χ0v) is 14.4. The van der Waals surface area contributed by atoms with E-state index in [1.165, 1.54) is 0 Å². The highest BCUT2D eigenvalue weighted by atomic mass is 32.1. The number of methoxy groups -OCH3 is 2. The standard InChI is InChI=1S/C15H21N5O2S/c1-18-4-6-19(7-5-18)20-14(16-17-15(20)23)11-8-12(21-2)10-13(9-11)22-3/h8-10H,4-7H2,1-3H3,(H,17,23). The maximum Gasteiger partial charge on any atom is 0.214 e. The first-order chi connectivity index (χ1) is 11.1. The van der Waals surface area contributed by atoms with Crippen LogP contribution in [0.4, 0.5) is 0 Å². The van der Waals surface area contributed by atoms with Gasteiger partial charge in [0.05, 0.1) is 14.2 Å². The first-order valence-electron chi connectivity index (χ1n) is 7.47. The maximum atomic E-state index is 5.43. The normalized spacial score (nSPS) is 15.7. The monoisotopic (exact) mass is 335 g/mol. The van der Waals surface area contributed by atoms with Gasteiger partial charge in [0.2, 0.25) is 4.77 Å². The third-order valence-electron chi connectivity index (χ3n) is 4.02. The predicted octanol–water partition coefficient (Wildman–Crippen LogP) is 1.51. The van der Waals surface area contributed by atoms with Crippen LogP contribution in [0.2, 0.25) is 0 Å². The number of H-pyrrole nitrogens is 1. The van der Waals surface area contributed by atoms with Crippen molar-refractivity contribution >= 4 is 12.2 Å². The second-order valence-corrected chi connectivity index (χ2v) is 5.91. The third kappa shape index (κ3) is 3.18. The van der Waals surface area contributed by atoms with Crippen LogP contribution in [0, 0.1) is 4.77 Å². The van der Waals surface area contributed by atoms with Crippen molar-refractivity contribution in [2.75, 3.05) is 52.5 Å². The summed E-state index contributed by atoms with van der Waals surface area (Å²) < 4.78 is 13.3. The van der Waals surface area contributed by atoms with Gasteiger partial charge in [-0.2, -0.15) is 5.10 Å². The summed E-state index contributed by atoms with van der Waals surface area (Å²) in [5.74, 6) is 2.20. The summed E-state index contributed by atoms with van der Waals surface area (Å²) in [7, 11) is 5.39. The lowest BCUT2D eigenvalue weighted by Crippen LogP contribution is -2.50. The van der Waals surface area contributed by atoms with E-state index in [2.05, 4.69) is 27.2 Å². The van der Waals surface area contributed by atoms with Gasteiger partial charge in [-0.1, -0.05) is 0 Å². The quantitative estimate of drug-likeness (QED) is 0.855. The van der Waals surface area contributed by atoms with Gasteiger partial charge in [0.25, 0.3) is 0 Å². The molecule has 0 unspecified atom stereocenters. The van der Waals surface area contributed by atoms with Gasteiger partial charge in [-0.05, 0) is 31.4 Å². The minimum absolute atomic E-state index is 0.589. The second kappa shape index (κ2) is 6.59. The molecule has 0 aliphatic carbocycles. The molecule has 1 fully saturated rings. The van der Waals surface area contributed by atoms with Gasteiger partial charge in [0.1, 0.15) is 11.5 Å². The van der Waals surface area contributed by atoms with E-state index in [-0.39, 0.29) is 0 Å². The van der Waals surface area contributed by atoms with Crippen LogP contribution < -0.4 is 14.5 Å². The highest BCUT2D eigenvalue weighted by Gasteiger charge is 2.20. The lowest BCUT2D eigenvalue weighted by Gasteiger charge is -2.34. The van der Waals surface area contributed by atoms with Crippen LogP contribution >= 0.6 is 12.2 Å². The van der Waals surface area contributed by atoms with Gasteiger partial charge in [0, 0.05) is 37.8 Å². The number of likely N-dealkylation sites (N-methyl/N-ethyl adjacent to an activating group) is 1. The lowest BCUT2D eigenvalue weighted by molar-refractivity contribution is 0.287. The number of aromatic amines is 1. The van der Waals surface area contributed by atoms with Crippen LogP contribution in [0.25, 0.3) is 11.4 Å². The molecule has 1 saturated heterocycles. The fourth-order valence-corrected chi connectivity index (χ4v) is 2.92. The summed E-state index contributed by atoms with van der Waals surface area (Å²) in [6, 6.07) is 5.70. The maximum absolute atomic E-state index is 5.43. The van der Waals surface area contributed by atoms with Gasteiger partial charge in [-0.25, -0.2) is 9.77 Å². The predicted molar refractivity (Wildman–Crippen MR) is 91.4 cm³/mol. The summed E-state index contributed by atoms with van der Waals surface area (Å²) in [6.45, 7) is 3.79. The van der Waals surface area contributed by atoms with Crippen molar-refractivity contribution in [1.29, 1.82) is 0 Å². The molecule has 124 valence electrons. The van der Waals surface area contributed by atoms with Crippen LogP contribution in [0.1, 0.15) is 0 Å². The number of aromatic nitrogens is 3. The van der Waals surface area contributed by atoms with E-state index in [1.807, 2.05) is 22.9 Å². The average molecular weight is 335 g/mol. The summed E-state index contributed by atoms with van der Waals surface area (Å²) in [5, 5.41) is 9.52. The van der Waals surface area contributed by atoms with Gasteiger partial charge in [0.15, 0.2) is 5.82 Å². The molecular formula is C15H21N5O2S. The molecule has 7 nitrogen and oxygen atoms in total. The topological polar surface area (TPSA) is 58.6 Å². The van der Waals surface area contributed by atoms with E-state index in [1.54, 1.807) is 14.2 Å². The van der Waals surface area contributed by atoms with Crippen LogP contribution in [0.3, 0.4) is 0 Å². The molecule has 0 bridgehead atoms. The molecular weight excluding hydrogens is 314 g/mol. The molecule has 1 aliphatic rings. The van der Waals surface area contributed by atoms with Crippen LogP contribution in [-0.2, 0) is 0 Å². The van der Waals surface area contributed by atoms with E-state index in [0.29, 0.717) is 4.77 Å². The Morgan fingerprint density at radius 2 is 1.65 bits per heavy atom. The summed E-state index contributed by atoms with van der Waals surface area (Å²) in [5.41, 5.74) is 0.896. The van der Waals surface area contributed by atoms with Crippen molar-refractivity contribution in [3.63, 3.8) is 0 Å². The van der Waals surface area contributed by atoms with E-state index < -0.39 is 0 Å². The molecule has 0 spiro atoms. The van der Waals surface area contributed by atoms with E-state index in [4.69, 9.17) is 21.7 Å². The molecule has 1 aromatic carbocycles. The van der Waals surface area contributed by atoms with Crippen LogP contribution in [0.15, 0.2) is 18.2 Å². The zero-order chi connectivity index (χ0) is 16.4. The molecule has 1 N–H and O–H groups in total. The Kier molecular flexibility index (Phi) is 4.53. The van der Waals surface area contributed by atoms with Crippen LogP contribution in [-0.4, -0.2) is 67.2 Å². The number of hydrogen-bond donors (Lipinski definition) is 1. The fourth-order valence-electron chi connectivity index (χ4n) is 2.67. The van der Waals surface area contributed by atoms with Gasteiger partial charge >= 0.3 is 0 Å². The number of nitrogens with one attached hydrogen (secondary N) is 1. The number of rotatable bonds is 4. The molecule has 1 aromatic heterocycles. The largest absolute Gasteiger partial charge is 0.497 e. The van der Waals surface area contributed by atoms with Crippen molar-refractivity contribution in [3.8, 4) is 22.9 Å². The fraction of sp³-hybridized carbons (Fsp3) is 0.467. The Hall–Kier alpha value is -2.06. The highest BCUT2D eigenvalue weighted by Crippen LogP contribution is 2.29. The van der Waals surface area contributed by atoms with Crippen molar-refractivity contribution in [1.82, 2.24) is 19.8 Å². The number of benzene rings is 1. The minimum atomic E-state index is 0.589. The number of hydrogen-bond acceptors (Lipinski definition) is 6. The van der Waals surface area contributed by atoms with Crippen molar-refractivity contribution in [2.45, 2.75) is 0 Å². The van der Waals surface area contributed by atoms with E-state index >= 15 is 0 Å². The first-order valence-corrected chi connectivity index (χ1v) is 7.88. The minimum Gasteiger partial charge on any atom is -0.497 e. The Morgan fingerprint density at radius 1 is 1.04 bits per heavy atom. The SMILES string of the molecule is COc1cc(OC)cc(-c2n[nH]c(=S)n2N2CCN(C)CC2)c1. The highest BCUT2D eigenvalue weighted by molar-refractivity contribution is 7.71. The molecule has 3 rings (SSSR count). The molecule has 0 amide bonds.